The Labute approximate surface area is 108 Å². The van der Waals surface area contributed by atoms with Crippen molar-refractivity contribution in [1.29, 1.82) is 0 Å². The van der Waals surface area contributed by atoms with E-state index in [-0.39, 0.29) is 5.54 Å². The fraction of sp³-hybridized carbons (Fsp3) is 0.714. The van der Waals surface area contributed by atoms with Gasteiger partial charge in [-0.15, -0.1) is 0 Å². The van der Waals surface area contributed by atoms with E-state index in [0.717, 1.165) is 25.0 Å². The summed E-state index contributed by atoms with van der Waals surface area (Å²) in [4.78, 5) is 2.61. The lowest BCUT2D eigenvalue weighted by Crippen LogP contribution is -2.50. The molecule has 1 unspecified atom stereocenters. The van der Waals surface area contributed by atoms with E-state index >= 15 is 0 Å². The molecular formula is C14H22N2S. The second-order valence-electron chi connectivity index (χ2n) is 6.05. The molecule has 1 aromatic heterocycles. The molecule has 1 atom stereocenters. The number of rotatable bonds is 6. The van der Waals surface area contributed by atoms with Crippen LogP contribution in [0.4, 0.5) is 0 Å². The van der Waals surface area contributed by atoms with Gasteiger partial charge in [-0.3, -0.25) is 4.90 Å². The Morgan fingerprint density at radius 1 is 1.41 bits per heavy atom. The minimum absolute atomic E-state index is 0.0264. The van der Waals surface area contributed by atoms with Gasteiger partial charge in [0.05, 0.1) is 0 Å². The van der Waals surface area contributed by atoms with Crippen molar-refractivity contribution < 1.29 is 0 Å². The molecule has 0 radical (unpaired) electrons. The maximum absolute atomic E-state index is 6.48. The molecular weight excluding hydrogens is 228 g/mol. The van der Waals surface area contributed by atoms with Gasteiger partial charge in [-0.2, -0.15) is 11.3 Å². The lowest BCUT2D eigenvalue weighted by Gasteiger charge is -2.33. The Hall–Kier alpha value is -0.380. The summed E-state index contributed by atoms with van der Waals surface area (Å²) in [5.74, 6) is 0.770. The van der Waals surface area contributed by atoms with Crippen LogP contribution in [-0.4, -0.2) is 23.0 Å². The summed E-state index contributed by atoms with van der Waals surface area (Å²) in [5, 5.41) is 4.43. The number of thiophene rings is 1. The molecule has 1 aromatic rings. The van der Waals surface area contributed by atoms with Crippen LogP contribution in [0.2, 0.25) is 0 Å². The van der Waals surface area contributed by atoms with Gasteiger partial charge in [-0.25, -0.2) is 0 Å². The van der Waals surface area contributed by atoms with E-state index in [4.69, 9.17) is 5.73 Å². The van der Waals surface area contributed by atoms with Crippen molar-refractivity contribution in [2.45, 2.75) is 50.7 Å². The zero-order valence-electron chi connectivity index (χ0n) is 10.6. The highest BCUT2D eigenvalue weighted by molar-refractivity contribution is 7.07. The van der Waals surface area contributed by atoms with Gasteiger partial charge >= 0.3 is 0 Å². The first-order chi connectivity index (χ1) is 8.15. The molecule has 3 rings (SSSR count). The van der Waals surface area contributed by atoms with E-state index in [2.05, 4.69) is 28.7 Å². The summed E-state index contributed by atoms with van der Waals surface area (Å²) < 4.78 is 0. The van der Waals surface area contributed by atoms with Crippen LogP contribution in [0.25, 0.3) is 0 Å². The highest BCUT2D eigenvalue weighted by Crippen LogP contribution is 2.40. The van der Waals surface area contributed by atoms with E-state index in [9.17, 15) is 0 Å². The molecule has 1 heterocycles. The lowest BCUT2D eigenvalue weighted by molar-refractivity contribution is 0.186. The van der Waals surface area contributed by atoms with Crippen molar-refractivity contribution in [2.24, 2.45) is 11.7 Å². The normalized spacial score (nSPS) is 23.9. The number of nitrogens with zero attached hydrogens (tertiary/aromatic N) is 1. The standard InChI is InChI=1S/C14H22N2S/c1-14(15,12-2-3-12)10-16(13-4-5-13)8-11-6-7-17-9-11/h6-7,9,12-13H,2-5,8,10,15H2,1H3. The predicted octanol–water partition coefficient (Wildman–Crippen LogP) is 2.84. The van der Waals surface area contributed by atoms with E-state index in [1.807, 2.05) is 0 Å². The number of hydrogen-bond acceptors (Lipinski definition) is 3. The minimum atomic E-state index is 0.0264. The Bertz CT molecular complexity index is 364. The lowest BCUT2D eigenvalue weighted by atomic mass is 9.96. The molecule has 2 aliphatic rings. The Kier molecular flexibility index (Phi) is 3.01. The van der Waals surface area contributed by atoms with Crippen molar-refractivity contribution >= 4 is 11.3 Å². The van der Waals surface area contributed by atoms with Crippen molar-refractivity contribution in [1.82, 2.24) is 4.90 Å². The van der Waals surface area contributed by atoms with Gasteiger partial charge in [0.2, 0.25) is 0 Å². The second-order valence-corrected chi connectivity index (χ2v) is 6.83. The monoisotopic (exact) mass is 250 g/mol. The van der Waals surface area contributed by atoms with Crippen molar-refractivity contribution in [3.63, 3.8) is 0 Å². The van der Waals surface area contributed by atoms with Gasteiger partial charge in [0.25, 0.3) is 0 Å². The molecule has 2 aliphatic carbocycles. The molecule has 0 aromatic carbocycles. The van der Waals surface area contributed by atoms with E-state index < -0.39 is 0 Å². The van der Waals surface area contributed by atoms with Crippen LogP contribution in [-0.2, 0) is 6.54 Å². The first-order valence-electron chi connectivity index (χ1n) is 6.69. The van der Waals surface area contributed by atoms with Crippen molar-refractivity contribution in [3.05, 3.63) is 22.4 Å². The molecule has 2 saturated carbocycles. The highest BCUT2D eigenvalue weighted by Gasteiger charge is 2.41. The molecule has 17 heavy (non-hydrogen) atoms. The fourth-order valence-electron chi connectivity index (χ4n) is 2.68. The summed E-state index contributed by atoms with van der Waals surface area (Å²) in [5.41, 5.74) is 7.96. The molecule has 0 bridgehead atoms. The van der Waals surface area contributed by atoms with Crippen LogP contribution in [0.15, 0.2) is 16.8 Å². The predicted molar refractivity (Wildman–Crippen MR) is 73.1 cm³/mol. The molecule has 2 fully saturated rings. The molecule has 2 nitrogen and oxygen atoms in total. The molecule has 2 N–H and O–H groups in total. The van der Waals surface area contributed by atoms with Crippen LogP contribution >= 0.6 is 11.3 Å². The van der Waals surface area contributed by atoms with Crippen LogP contribution in [0.3, 0.4) is 0 Å². The van der Waals surface area contributed by atoms with E-state index in [0.29, 0.717) is 0 Å². The van der Waals surface area contributed by atoms with E-state index in [1.165, 1.54) is 31.2 Å². The first kappa shape index (κ1) is 11.7. The van der Waals surface area contributed by atoms with E-state index in [1.54, 1.807) is 11.3 Å². The Morgan fingerprint density at radius 3 is 2.71 bits per heavy atom. The Morgan fingerprint density at radius 2 is 2.18 bits per heavy atom. The molecule has 0 saturated heterocycles. The summed E-state index contributed by atoms with van der Waals surface area (Å²) in [6.07, 6.45) is 5.41. The summed E-state index contributed by atoms with van der Waals surface area (Å²) in [7, 11) is 0. The van der Waals surface area contributed by atoms with Gasteiger partial charge < -0.3 is 5.73 Å². The molecule has 3 heteroatoms. The van der Waals surface area contributed by atoms with Crippen LogP contribution in [0.5, 0.6) is 0 Å². The summed E-state index contributed by atoms with van der Waals surface area (Å²) >= 11 is 1.79. The van der Waals surface area contributed by atoms with Crippen LogP contribution in [0, 0.1) is 5.92 Å². The van der Waals surface area contributed by atoms with Crippen molar-refractivity contribution in [2.75, 3.05) is 6.54 Å². The zero-order chi connectivity index (χ0) is 11.9. The summed E-state index contributed by atoms with van der Waals surface area (Å²) in [6, 6.07) is 3.04. The first-order valence-corrected chi connectivity index (χ1v) is 7.63. The second kappa shape index (κ2) is 4.38. The quantitative estimate of drug-likeness (QED) is 0.841. The molecule has 0 aliphatic heterocycles. The smallest absolute Gasteiger partial charge is 0.0283 e. The largest absolute Gasteiger partial charge is 0.324 e. The maximum Gasteiger partial charge on any atom is 0.0283 e. The Balaban J connectivity index is 1.63. The molecule has 0 spiro atoms. The van der Waals surface area contributed by atoms with Crippen LogP contribution in [0.1, 0.15) is 38.2 Å². The number of hydrogen-bond donors (Lipinski definition) is 1. The topological polar surface area (TPSA) is 29.3 Å². The minimum Gasteiger partial charge on any atom is -0.324 e. The molecule has 0 amide bonds. The van der Waals surface area contributed by atoms with Gasteiger partial charge in [0.15, 0.2) is 0 Å². The zero-order valence-corrected chi connectivity index (χ0v) is 11.4. The van der Waals surface area contributed by atoms with Gasteiger partial charge in [-0.05, 0) is 60.9 Å². The maximum atomic E-state index is 6.48. The average Bonchev–Trinajstić information content (AvgIpc) is 3.16. The van der Waals surface area contributed by atoms with Gasteiger partial charge in [0.1, 0.15) is 0 Å². The van der Waals surface area contributed by atoms with Crippen molar-refractivity contribution in [3.8, 4) is 0 Å². The third kappa shape index (κ3) is 2.90. The highest BCUT2D eigenvalue weighted by atomic mass is 32.1. The average molecular weight is 250 g/mol. The van der Waals surface area contributed by atoms with Crippen LogP contribution < -0.4 is 5.73 Å². The fourth-order valence-corrected chi connectivity index (χ4v) is 3.34. The number of nitrogens with two attached hydrogens (primary N) is 1. The van der Waals surface area contributed by atoms with Gasteiger partial charge in [0, 0.05) is 24.7 Å². The van der Waals surface area contributed by atoms with Gasteiger partial charge in [-0.1, -0.05) is 0 Å². The summed E-state index contributed by atoms with van der Waals surface area (Å²) in [6.45, 7) is 4.40. The SMILES string of the molecule is CC(N)(CN(Cc1ccsc1)C1CC1)C1CC1. The third-order valence-corrected chi connectivity index (χ3v) is 4.81. The molecule has 94 valence electrons. The third-order valence-electron chi connectivity index (χ3n) is 4.08.